The van der Waals surface area contributed by atoms with Crippen LogP contribution in [0.1, 0.15) is 28.4 Å². The van der Waals surface area contributed by atoms with E-state index >= 15 is 0 Å². The summed E-state index contributed by atoms with van der Waals surface area (Å²) in [5.41, 5.74) is 3.10. The normalized spacial score (nSPS) is 10.6. The third-order valence-electron chi connectivity index (χ3n) is 4.85. The summed E-state index contributed by atoms with van der Waals surface area (Å²) in [6, 6.07) is 22.4. The Morgan fingerprint density at radius 2 is 1.70 bits per heavy atom. The minimum atomic E-state index is -0.208. The molecular formula is C26H24ClN3O3. The van der Waals surface area contributed by atoms with Gasteiger partial charge in [-0.2, -0.15) is 5.10 Å². The summed E-state index contributed by atoms with van der Waals surface area (Å²) in [4.78, 5) is 12.7. The second-order valence-electron chi connectivity index (χ2n) is 7.40. The summed E-state index contributed by atoms with van der Waals surface area (Å²) in [6.45, 7) is 3.49. The highest BCUT2D eigenvalue weighted by Gasteiger charge is 2.09. The number of aromatic nitrogens is 2. The number of hydrogen-bond donors (Lipinski definition) is 1. The third-order valence-corrected chi connectivity index (χ3v) is 5.09. The van der Waals surface area contributed by atoms with Crippen LogP contribution in [0.2, 0.25) is 5.02 Å². The van der Waals surface area contributed by atoms with Gasteiger partial charge in [0.2, 0.25) is 0 Å². The lowest BCUT2D eigenvalue weighted by Crippen LogP contribution is -2.12. The van der Waals surface area contributed by atoms with Gasteiger partial charge in [-0.25, -0.2) is 0 Å². The summed E-state index contributed by atoms with van der Waals surface area (Å²) in [5.74, 6) is 1.33. The molecule has 1 N–H and O–H groups in total. The van der Waals surface area contributed by atoms with E-state index < -0.39 is 0 Å². The maximum atomic E-state index is 12.7. The molecule has 1 aromatic heterocycles. The predicted octanol–water partition coefficient (Wildman–Crippen LogP) is 5.81. The summed E-state index contributed by atoms with van der Waals surface area (Å²) >= 11 is 6.04. The fraction of sp³-hybridized carbons (Fsp3) is 0.154. The average molecular weight is 462 g/mol. The number of carbonyl (C=O) groups excluding carboxylic acids is 1. The Bertz CT molecular complexity index is 1220. The number of hydrogen-bond acceptors (Lipinski definition) is 4. The first-order chi connectivity index (χ1) is 16.1. The first-order valence-electron chi connectivity index (χ1n) is 10.6. The zero-order chi connectivity index (χ0) is 23.0. The second-order valence-corrected chi connectivity index (χ2v) is 7.84. The van der Waals surface area contributed by atoms with Gasteiger partial charge in [0.1, 0.15) is 18.1 Å². The molecule has 0 aliphatic carbocycles. The van der Waals surface area contributed by atoms with Gasteiger partial charge in [0.15, 0.2) is 0 Å². The van der Waals surface area contributed by atoms with E-state index in [9.17, 15) is 4.79 Å². The van der Waals surface area contributed by atoms with Crippen LogP contribution in [-0.2, 0) is 13.2 Å². The molecule has 0 fully saturated rings. The number of benzene rings is 3. The number of anilines is 1. The van der Waals surface area contributed by atoms with Crippen molar-refractivity contribution in [1.82, 2.24) is 9.78 Å². The van der Waals surface area contributed by atoms with Crippen LogP contribution in [0.15, 0.2) is 85.2 Å². The molecule has 33 heavy (non-hydrogen) atoms. The molecule has 7 heteroatoms. The molecule has 168 valence electrons. The lowest BCUT2D eigenvalue weighted by atomic mass is 10.1. The molecule has 0 bridgehead atoms. The molecule has 3 aromatic carbocycles. The summed E-state index contributed by atoms with van der Waals surface area (Å²) < 4.78 is 13.0. The Hall–Kier alpha value is -3.77. The molecule has 4 rings (SSSR count). The van der Waals surface area contributed by atoms with Gasteiger partial charge >= 0.3 is 0 Å². The van der Waals surface area contributed by atoms with Crippen LogP contribution in [0.4, 0.5) is 5.69 Å². The van der Waals surface area contributed by atoms with E-state index in [0.29, 0.717) is 36.0 Å². The molecule has 0 aliphatic heterocycles. The minimum Gasteiger partial charge on any atom is -0.494 e. The number of amides is 1. The molecular weight excluding hydrogens is 438 g/mol. The number of halogens is 1. The topological polar surface area (TPSA) is 65.4 Å². The zero-order valence-electron chi connectivity index (χ0n) is 18.2. The van der Waals surface area contributed by atoms with Crippen molar-refractivity contribution in [3.63, 3.8) is 0 Å². The van der Waals surface area contributed by atoms with Crippen molar-refractivity contribution in [3.8, 4) is 11.5 Å². The molecule has 1 amide bonds. The quantitative estimate of drug-likeness (QED) is 0.341. The highest BCUT2D eigenvalue weighted by Crippen LogP contribution is 2.19. The molecule has 0 radical (unpaired) electrons. The van der Waals surface area contributed by atoms with Gasteiger partial charge < -0.3 is 14.8 Å². The number of nitrogens with one attached hydrogen (secondary N) is 1. The van der Waals surface area contributed by atoms with Crippen molar-refractivity contribution in [3.05, 3.63) is 107 Å². The van der Waals surface area contributed by atoms with Crippen LogP contribution in [-0.4, -0.2) is 22.3 Å². The van der Waals surface area contributed by atoms with Gasteiger partial charge in [-0.05, 0) is 66.6 Å². The van der Waals surface area contributed by atoms with E-state index in [1.807, 2.05) is 73.7 Å². The third kappa shape index (κ3) is 6.37. The van der Waals surface area contributed by atoms with Crippen molar-refractivity contribution in [2.75, 3.05) is 11.9 Å². The molecule has 1 heterocycles. The van der Waals surface area contributed by atoms with Crippen molar-refractivity contribution in [2.24, 2.45) is 0 Å². The van der Waals surface area contributed by atoms with Crippen molar-refractivity contribution < 1.29 is 14.3 Å². The zero-order valence-corrected chi connectivity index (χ0v) is 19.0. The molecule has 0 aliphatic rings. The van der Waals surface area contributed by atoms with E-state index in [1.54, 1.807) is 23.1 Å². The monoisotopic (exact) mass is 461 g/mol. The van der Waals surface area contributed by atoms with Crippen LogP contribution >= 0.6 is 11.6 Å². The molecule has 0 unspecified atom stereocenters. The van der Waals surface area contributed by atoms with Crippen molar-refractivity contribution in [1.29, 1.82) is 0 Å². The number of rotatable bonds is 9. The molecule has 0 saturated carbocycles. The van der Waals surface area contributed by atoms with Crippen LogP contribution in [0.5, 0.6) is 11.5 Å². The lowest BCUT2D eigenvalue weighted by molar-refractivity contribution is 0.102. The van der Waals surface area contributed by atoms with Gasteiger partial charge in [0.05, 0.1) is 25.0 Å². The lowest BCUT2D eigenvalue weighted by Gasteiger charge is -2.09. The van der Waals surface area contributed by atoms with E-state index in [1.165, 1.54) is 0 Å². The number of carbonyl (C=O) groups is 1. The second kappa shape index (κ2) is 10.7. The largest absolute Gasteiger partial charge is 0.494 e. The summed E-state index contributed by atoms with van der Waals surface area (Å²) in [7, 11) is 0. The fourth-order valence-corrected chi connectivity index (χ4v) is 3.52. The van der Waals surface area contributed by atoms with Crippen molar-refractivity contribution in [2.45, 2.75) is 20.1 Å². The van der Waals surface area contributed by atoms with E-state index in [2.05, 4.69) is 10.4 Å². The van der Waals surface area contributed by atoms with Gasteiger partial charge in [0, 0.05) is 16.8 Å². The Balaban J connectivity index is 1.34. The first kappa shape index (κ1) is 22.4. The van der Waals surface area contributed by atoms with Crippen LogP contribution in [0.3, 0.4) is 0 Å². The maximum absolute atomic E-state index is 12.7. The molecule has 0 spiro atoms. The van der Waals surface area contributed by atoms with Crippen LogP contribution < -0.4 is 14.8 Å². The highest BCUT2D eigenvalue weighted by molar-refractivity contribution is 6.30. The number of ether oxygens (including phenoxy) is 2. The number of nitrogens with zero attached hydrogens (tertiary/aromatic N) is 2. The van der Waals surface area contributed by atoms with E-state index in [-0.39, 0.29) is 5.91 Å². The summed E-state index contributed by atoms with van der Waals surface area (Å²) in [6.07, 6.45) is 3.42. The van der Waals surface area contributed by atoms with Crippen molar-refractivity contribution >= 4 is 23.2 Å². The standard InChI is InChI=1S/C26H24ClN3O3/c1-2-32-24-9-11-25(12-10-24)33-18-20-6-3-7-21(13-20)26(31)29-23-15-28-30(17-23)16-19-5-4-8-22(27)14-19/h3-15,17H,2,16,18H2,1H3,(H,29,31). The van der Waals surface area contributed by atoms with Gasteiger partial charge in [-0.15, -0.1) is 0 Å². The maximum Gasteiger partial charge on any atom is 0.255 e. The predicted molar refractivity (Wildman–Crippen MR) is 129 cm³/mol. The first-order valence-corrected chi connectivity index (χ1v) is 11.0. The average Bonchev–Trinajstić information content (AvgIpc) is 3.25. The Kier molecular flexibility index (Phi) is 7.27. The van der Waals surface area contributed by atoms with Crippen LogP contribution in [0, 0.1) is 0 Å². The summed E-state index contributed by atoms with van der Waals surface area (Å²) in [5, 5.41) is 7.89. The highest BCUT2D eigenvalue weighted by atomic mass is 35.5. The van der Waals surface area contributed by atoms with E-state index in [4.69, 9.17) is 21.1 Å². The molecule has 0 atom stereocenters. The van der Waals surface area contributed by atoms with E-state index in [0.717, 1.165) is 22.6 Å². The SMILES string of the molecule is CCOc1ccc(OCc2cccc(C(=O)Nc3cnn(Cc4cccc(Cl)c4)c3)c2)cc1. The molecule has 6 nitrogen and oxygen atoms in total. The van der Waals surface area contributed by atoms with Gasteiger partial charge in [-0.3, -0.25) is 9.48 Å². The minimum absolute atomic E-state index is 0.208. The molecule has 0 saturated heterocycles. The van der Waals surface area contributed by atoms with Gasteiger partial charge in [0.25, 0.3) is 5.91 Å². The fourth-order valence-electron chi connectivity index (χ4n) is 3.31. The van der Waals surface area contributed by atoms with Crippen LogP contribution in [0.25, 0.3) is 0 Å². The Labute approximate surface area is 197 Å². The Morgan fingerprint density at radius 1 is 0.970 bits per heavy atom. The van der Waals surface area contributed by atoms with Gasteiger partial charge in [-0.1, -0.05) is 35.9 Å². The Morgan fingerprint density at radius 3 is 2.45 bits per heavy atom. The molecule has 4 aromatic rings. The smallest absolute Gasteiger partial charge is 0.255 e.